The van der Waals surface area contributed by atoms with Crippen molar-refractivity contribution in [1.29, 1.82) is 0 Å². The highest BCUT2D eigenvalue weighted by Gasteiger charge is 2.29. The monoisotopic (exact) mass is 191 g/mol. The first-order chi connectivity index (χ1) is 6.68. The summed E-state index contributed by atoms with van der Waals surface area (Å²) in [5, 5.41) is 0. The van der Waals surface area contributed by atoms with Gasteiger partial charge in [0.1, 0.15) is 18.2 Å². The Balaban J connectivity index is 2.35. The maximum absolute atomic E-state index is 11.5. The zero-order valence-corrected chi connectivity index (χ0v) is 7.67. The molecule has 14 heavy (non-hydrogen) atoms. The number of amidine groups is 1. The lowest BCUT2D eigenvalue weighted by molar-refractivity contribution is -0.128. The fraction of sp³-hybridized carbons (Fsp3) is 0.333. The van der Waals surface area contributed by atoms with E-state index in [9.17, 15) is 9.59 Å². The van der Waals surface area contributed by atoms with Crippen molar-refractivity contribution in [3.63, 3.8) is 0 Å². The first-order valence-electron chi connectivity index (χ1n) is 4.28. The Bertz CT molecular complexity index is 382. The lowest BCUT2D eigenvalue weighted by Crippen LogP contribution is -2.43. The molecule has 5 nitrogen and oxygen atoms in total. The molecule has 0 N–H and O–H groups in total. The van der Waals surface area contributed by atoms with E-state index in [-0.39, 0.29) is 18.1 Å². The molecule has 0 spiro atoms. The average Bonchev–Trinajstić information content (AvgIpc) is 2.17. The highest BCUT2D eigenvalue weighted by molar-refractivity contribution is 6.16. The van der Waals surface area contributed by atoms with Crippen LogP contribution in [-0.4, -0.2) is 34.8 Å². The summed E-state index contributed by atoms with van der Waals surface area (Å²) in [7, 11) is 0. The summed E-state index contributed by atoms with van der Waals surface area (Å²) >= 11 is 0. The summed E-state index contributed by atoms with van der Waals surface area (Å²) < 4.78 is 0. The van der Waals surface area contributed by atoms with Gasteiger partial charge in [0.15, 0.2) is 5.78 Å². The zero-order valence-electron chi connectivity index (χ0n) is 7.67. The van der Waals surface area contributed by atoms with Gasteiger partial charge in [0.2, 0.25) is 5.91 Å². The van der Waals surface area contributed by atoms with Gasteiger partial charge in [-0.15, -0.1) is 0 Å². The predicted molar refractivity (Wildman–Crippen MR) is 51.0 cm³/mol. The van der Waals surface area contributed by atoms with E-state index < -0.39 is 6.04 Å². The molecule has 0 saturated heterocycles. The molecule has 0 aromatic heterocycles. The molecule has 1 atom stereocenters. The molecule has 2 aliphatic heterocycles. The van der Waals surface area contributed by atoms with Gasteiger partial charge in [-0.1, -0.05) is 0 Å². The molecule has 0 saturated carbocycles. The van der Waals surface area contributed by atoms with Gasteiger partial charge in [0, 0.05) is 6.20 Å². The van der Waals surface area contributed by atoms with E-state index in [1.54, 1.807) is 12.3 Å². The molecular formula is C9H9N3O2. The van der Waals surface area contributed by atoms with Crippen LogP contribution in [0.25, 0.3) is 0 Å². The van der Waals surface area contributed by atoms with Crippen molar-refractivity contribution < 1.29 is 9.59 Å². The Kier molecular flexibility index (Phi) is 1.99. The standard InChI is InChI=1S/C9H9N3O2/c1-6(13)7-4-9(14)12-5-10-3-2-8(12)11-7/h2-3,5,7H,4H2,1H3. The van der Waals surface area contributed by atoms with Crippen molar-refractivity contribution in [1.82, 2.24) is 4.90 Å². The van der Waals surface area contributed by atoms with Gasteiger partial charge in [0.05, 0.1) is 6.42 Å². The minimum Gasteiger partial charge on any atom is -0.298 e. The van der Waals surface area contributed by atoms with E-state index in [0.717, 1.165) is 0 Å². The van der Waals surface area contributed by atoms with Crippen LogP contribution in [0.4, 0.5) is 0 Å². The summed E-state index contributed by atoms with van der Waals surface area (Å²) in [5.74, 6) is 0.279. The second kappa shape index (κ2) is 3.17. The number of fused-ring (bicyclic) bond motifs is 1. The van der Waals surface area contributed by atoms with Crippen LogP contribution in [-0.2, 0) is 9.59 Å². The number of ketones is 1. The molecule has 0 radical (unpaired) electrons. The van der Waals surface area contributed by atoms with Gasteiger partial charge < -0.3 is 0 Å². The average molecular weight is 191 g/mol. The Morgan fingerprint density at radius 3 is 3.14 bits per heavy atom. The van der Waals surface area contributed by atoms with Gasteiger partial charge >= 0.3 is 0 Å². The summed E-state index contributed by atoms with van der Waals surface area (Å²) in [6.45, 7) is 1.44. The first kappa shape index (κ1) is 8.80. The van der Waals surface area contributed by atoms with Crippen LogP contribution in [0.5, 0.6) is 0 Å². The van der Waals surface area contributed by atoms with Crippen molar-refractivity contribution >= 4 is 23.9 Å². The zero-order chi connectivity index (χ0) is 10.1. The van der Waals surface area contributed by atoms with Crippen LogP contribution < -0.4 is 0 Å². The van der Waals surface area contributed by atoms with Gasteiger partial charge in [-0.25, -0.2) is 4.99 Å². The third-order valence-electron chi connectivity index (χ3n) is 2.13. The third-order valence-corrected chi connectivity index (χ3v) is 2.13. The highest BCUT2D eigenvalue weighted by atomic mass is 16.2. The minimum absolute atomic E-state index is 0.0820. The number of rotatable bonds is 1. The van der Waals surface area contributed by atoms with E-state index in [1.165, 1.54) is 18.2 Å². The van der Waals surface area contributed by atoms with Crippen molar-refractivity contribution in [2.75, 3.05) is 0 Å². The third kappa shape index (κ3) is 1.37. The van der Waals surface area contributed by atoms with Crippen LogP contribution in [0.15, 0.2) is 22.3 Å². The van der Waals surface area contributed by atoms with Gasteiger partial charge in [-0.2, -0.15) is 0 Å². The van der Waals surface area contributed by atoms with Crippen LogP contribution in [0.3, 0.4) is 0 Å². The Morgan fingerprint density at radius 2 is 2.43 bits per heavy atom. The van der Waals surface area contributed by atoms with Crippen molar-refractivity contribution in [2.45, 2.75) is 19.4 Å². The van der Waals surface area contributed by atoms with E-state index in [2.05, 4.69) is 9.98 Å². The maximum Gasteiger partial charge on any atom is 0.236 e. The highest BCUT2D eigenvalue weighted by Crippen LogP contribution is 2.13. The fourth-order valence-corrected chi connectivity index (χ4v) is 1.36. The summed E-state index contributed by atoms with van der Waals surface area (Å²) in [5.41, 5.74) is 0. The van der Waals surface area contributed by atoms with Crippen LogP contribution in [0, 0.1) is 0 Å². The number of carbonyl (C=O) groups is 2. The normalized spacial score (nSPS) is 24.6. The minimum atomic E-state index is -0.523. The molecule has 1 amide bonds. The van der Waals surface area contributed by atoms with E-state index in [4.69, 9.17) is 0 Å². The predicted octanol–water partition coefficient (Wildman–Crippen LogP) is 0.130. The molecule has 0 bridgehead atoms. The second-order valence-corrected chi connectivity index (χ2v) is 3.16. The molecule has 0 fully saturated rings. The molecule has 1 unspecified atom stereocenters. The lowest BCUT2D eigenvalue weighted by Gasteiger charge is -2.26. The first-order valence-corrected chi connectivity index (χ1v) is 4.28. The number of Topliss-reactive ketones (excluding diaryl/α,β-unsaturated/α-hetero) is 1. The summed E-state index contributed by atoms with van der Waals surface area (Å²) in [6.07, 6.45) is 4.72. The number of carbonyl (C=O) groups excluding carboxylic acids is 2. The molecule has 2 heterocycles. The summed E-state index contributed by atoms with van der Waals surface area (Å²) in [4.78, 5) is 31.9. The van der Waals surface area contributed by atoms with Crippen LogP contribution in [0.1, 0.15) is 13.3 Å². The number of hydrogen-bond donors (Lipinski definition) is 0. The smallest absolute Gasteiger partial charge is 0.236 e. The SMILES string of the molecule is CC(=O)C1CC(=O)N2C=NC=CC2=N1. The van der Waals surface area contributed by atoms with Crippen molar-refractivity contribution in [2.24, 2.45) is 9.98 Å². The largest absolute Gasteiger partial charge is 0.298 e. The Hall–Kier alpha value is -1.78. The molecule has 0 aromatic carbocycles. The molecule has 0 aliphatic carbocycles. The van der Waals surface area contributed by atoms with Crippen LogP contribution >= 0.6 is 0 Å². The van der Waals surface area contributed by atoms with Crippen molar-refractivity contribution in [3.05, 3.63) is 12.3 Å². The second-order valence-electron chi connectivity index (χ2n) is 3.16. The van der Waals surface area contributed by atoms with E-state index in [1.807, 2.05) is 0 Å². The van der Waals surface area contributed by atoms with Gasteiger partial charge in [0.25, 0.3) is 0 Å². The maximum atomic E-state index is 11.5. The molecule has 2 aliphatic rings. The number of hydrogen-bond acceptors (Lipinski definition) is 4. The van der Waals surface area contributed by atoms with Gasteiger partial charge in [-0.05, 0) is 13.0 Å². The van der Waals surface area contributed by atoms with Crippen LogP contribution in [0.2, 0.25) is 0 Å². The van der Waals surface area contributed by atoms with Gasteiger partial charge in [-0.3, -0.25) is 19.5 Å². The Labute approximate surface area is 80.8 Å². The fourth-order valence-electron chi connectivity index (χ4n) is 1.36. The Morgan fingerprint density at radius 1 is 1.64 bits per heavy atom. The number of amides is 1. The van der Waals surface area contributed by atoms with E-state index in [0.29, 0.717) is 5.84 Å². The number of aliphatic imine (C=N–C) groups is 2. The topological polar surface area (TPSA) is 62.1 Å². The van der Waals surface area contributed by atoms with Crippen molar-refractivity contribution in [3.8, 4) is 0 Å². The molecule has 72 valence electrons. The molecule has 2 rings (SSSR count). The molecular weight excluding hydrogens is 182 g/mol. The molecule has 5 heteroatoms. The lowest BCUT2D eigenvalue weighted by atomic mass is 10.1. The summed E-state index contributed by atoms with van der Waals surface area (Å²) in [6, 6.07) is -0.523. The quantitative estimate of drug-likeness (QED) is 0.591. The number of nitrogens with zero attached hydrogens (tertiary/aromatic N) is 3. The van der Waals surface area contributed by atoms with E-state index >= 15 is 0 Å². The molecule has 0 aromatic rings.